The van der Waals surface area contributed by atoms with Gasteiger partial charge in [0.05, 0.1) is 6.61 Å². The first-order valence-electron chi connectivity index (χ1n) is 4.99. The summed E-state index contributed by atoms with van der Waals surface area (Å²) in [6, 6.07) is 6.20. The molecule has 2 rings (SSSR count). The molecule has 1 aromatic rings. The molecule has 1 N–H and O–H groups in total. The third kappa shape index (κ3) is 1.68. The lowest BCUT2D eigenvalue weighted by atomic mass is 9.91. The predicted molar refractivity (Wildman–Crippen MR) is 55.2 cm³/mol. The molecule has 1 aliphatic heterocycles. The standard InChI is InChI=1S/C12H16O2/c1-9-5-10(2)7-11(6-9)12(13)3-4-14-8-12/h5-7,13H,3-4,8H2,1-2H3. The zero-order valence-corrected chi connectivity index (χ0v) is 8.71. The van der Waals surface area contributed by atoms with E-state index in [2.05, 4.69) is 19.9 Å². The van der Waals surface area contributed by atoms with Crippen LogP contribution in [0.25, 0.3) is 0 Å². The Morgan fingerprint density at radius 2 is 1.86 bits per heavy atom. The van der Waals surface area contributed by atoms with E-state index in [0.29, 0.717) is 19.6 Å². The van der Waals surface area contributed by atoms with Crippen LogP contribution in [0.5, 0.6) is 0 Å². The number of hydrogen-bond donors (Lipinski definition) is 1. The van der Waals surface area contributed by atoms with Gasteiger partial charge in [0.25, 0.3) is 0 Å². The van der Waals surface area contributed by atoms with Gasteiger partial charge in [-0.15, -0.1) is 0 Å². The number of hydrogen-bond acceptors (Lipinski definition) is 2. The minimum atomic E-state index is -0.753. The topological polar surface area (TPSA) is 29.5 Å². The summed E-state index contributed by atoms with van der Waals surface area (Å²) in [6.07, 6.45) is 0.704. The van der Waals surface area contributed by atoms with Crippen LogP contribution >= 0.6 is 0 Å². The van der Waals surface area contributed by atoms with Gasteiger partial charge in [0.15, 0.2) is 0 Å². The number of ether oxygens (including phenoxy) is 1. The van der Waals surface area contributed by atoms with E-state index < -0.39 is 5.60 Å². The minimum Gasteiger partial charge on any atom is -0.383 e. The van der Waals surface area contributed by atoms with Crippen LogP contribution in [0.2, 0.25) is 0 Å². The summed E-state index contributed by atoms with van der Waals surface area (Å²) in [5, 5.41) is 10.3. The molecule has 1 aromatic carbocycles. The lowest BCUT2D eigenvalue weighted by Crippen LogP contribution is -2.25. The van der Waals surface area contributed by atoms with Crippen LogP contribution < -0.4 is 0 Å². The van der Waals surface area contributed by atoms with Crippen molar-refractivity contribution in [3.63, 3.8) is 0 Å². The van der Waals surface area contributed by atoms with Gasteiger partial charge in [0.2, 0.25) is 0 Å². The molecule has 1 saturated heterocycles. The molecule has 2 heteroatoms. The molecule has 1 atom stereocenters. The van der Waals surface area contributed by atoms with Crippen molar-refractivity contribution in [2.45, 2.75) is 25.9 Å². The van der Waals surface area contributed by atoms with Gasteiger partial charge >= 0.3 is 0 Å². The largest absolute Gasteiger partial charge is 0.383 e. The van der Waals surface area contributed by atoms with E-state index in [1.54, 1.807) is 0 Å². The fourth-order valence-electron chi connectivity index (χ4n) is 2.03. The Hall–Kier alpha value is -0.860. The van der Waals surface area contributed by atoms with E-state index in [9.17, 15) is 5.11 Å². The molecular formula is C12H16O2. The van der Waals surface area contributed by atoms with Crippen molar-refractivity contribution in [2.75, 3.05) is 13.2 Å². The normalized spacial score (nSPS) is 26.8. The maximum Gasteiger partial charge on any atom is 0.115 e. The summed E-state index contributed by atoms with van der Waals surface area (Å²) < 4.78 is 5.24. The summed E-state index contributed by atoms with van der Waals surface area (Å²) in [4.78, 5) is 0. The van der Waals surface area contributed by atoms with Crippen LogP contribution in [0, 0.1) is 13.8 Å². The van der Waals surface area contributed by atoms with Crippen molar-refractivity contribution in [1.29, 1.82) is 0 Å². The lowest BCUT2D eigenvalue weighted by Gasteiger charge is -2.21. The molecule has 14 heavy (non-hydrogen) atoms. The summed E-state index contributed by atoms with van der Waals surface area (Å²) in [5.41, 5.74) is 2.63. The Morgan fingerprint density at radius 3 is 2.36 bits per heavy atom. The van der Waals surface area contributed by atoms with Gasteiger partial charge in [0.1, 0.15) is 5.60 Å². The average molecular weight is 192 g/mol. The van der Waals surface area contributed by atoms with E-state index in [0.717, 1.165) is 5.56 Å². The molecule has 0 spiro atoms. The second-order valence-corrected chi connectivity index (χ2v) is 4.21. The van der Waals surface area contributed by atoms with Gasteiger partial charge in [-0.1, -0.05) is 29.3 Å². The van der Waals surface area contributed by atoms with Crippen molar-refractivity contribution in [1.82, 2.24) is 0 Å². The van der Waals surface area contributed by atoms with E-state index in [4.69, 9.17) is 4.74 Å². The maximum atomic E-state index is 10.3. The van der Waals surface area contributed by atoms with Gasteiger partial charge < -0.3 is 9.84 Å². The highest BCUT2D eigenvalue weighted by Gasteiger charge is 2.34. The Labute approximate surface area is 84.5 Å². The highest BCUT2D eigenvalue weighted by molar-refractivity contribution is 5.33. The molecule has 0 amide bonds. The first kappa shape index (κ1) is 9.69. The third-order valence-corrected chi connectivity index (χ3v) is 2.76. The fraction of sp³-hybridized carbons (Fsp3) is 0.500. The van der Waals surface area contributed by atoms with Crippen LogP contribution in [-0.4, -0.2) is 18.3 Å². The second-order valence-electron chi connectivity index (χ2n) is 4.21. The Balaban J connectivity index is 2.40. The maximum absolute atomic E-state index is 10.3. The molecule has 0 aliphatic carbocycles. The number of benzene rings is 1. The minimum absolute atomic E-state index is 0.426. The first-order valence-corrected chi connectivity index (χ1v) is 4.99. The van der Waals surface area contributed by atoms with Crippen LogP contribution in [0.15, 0.2) is 18.2 Å². The van der Waals surface area contributed by atoms with E-state index in [1.165, 1.54) is 11.1 Å². The predicted octanol–water partition coefficient (Wildman–Crippen LogP) is 1.91. The van der Waals surface area contributed by atoms with E-state index in [1.807, 2.05) is 12.1 Å². The lowest BCUT2D eigenvalue weighted by molar-refractivity contribution is 0.0231. The second kappa shape index (κ2) is 3.37. The molecule has 76 valence electrons. The fourth-order valence-corrected chi connectivity index (χ4v) is 2.03. The molecule has 1 fully saturated rings. The monoisotopic (exact) mass is 192 g/mol. The van der Waals surface area contributed by atoms with Gasteiger partial charge in [-0.2, -0.15) is 0 Å². The highest BCUT2D eigenvalue weighted by atomic mass is 16.5. The smallest absolute Gasteiger partial charge is 0.115 e. The van der Waals surface area contributed by atoms with Crippen LogP contribution in [-0.2, 0) is 10.3 Å². The zero-order valence-electron chi connectivity index (χ0n) is 8.71. The van der Waals surface area contributed by atoms with Gasteiger partial charge in [0, 0.05) is 13.0 Å². The summed E-state index contributed by atoms with van der Waals surface area (Å²) in [6.45, 7) is 5.19. The van der Waals surface area contributed by atoms with Crippen LogP contribution in [0.3, 0.4) is 0 Å². The molecular weight excluding hydrogens is 176 g/mol. The van der Waals surface area contributed by atoms with Crippen molar-refractivity contribution < 1.29 is 9.84 Å². The Kier molecular flexibility index (Phi) is 2.33. The van der Waals surface area contributed by atoms with E-state index in [-0.39, 0.29) is 0 Å². The van der Waals surface area contributed by atoms with Gasteiger partial charge in [-0.3, -0.25) is 0 Å². The number of aryl methyl sites for hydroxylation is 2. The molecule has 1 heterocycles. The van der Waals surface area contributed by atoms with Gasteiger partial charge in [-0.05, 0) is 19.4 Å². The summed E-state index contributed by atoms with van der Waals surface area (Å²) in [7, 11) is 0. The van der Waals surface area contributed by atoms with Crippen molar-refractivity contribution in [2.24, 2.45) is 0 Å². The SMILES string of the molecule is Cc1cc(C)cc(C2(O)CCOC2)c1. The van der Waals surface area contributed by atoms with Gasteiger partial charge in [-0.25, -0.2) is 0 Å². The van der Waals surface area contributed by atoms with Crippen LogP contribution in [0.1, 0.15) is 23.1 Å². The van der Waals surface area contributed by atoms with E-state index >= 15 is 0 Å². The third-order valence-electron chi connectivity index (χ3n) is 2.76. The zero-order chi connectivity index (χ0) is 10.2. The highest BCUT2D eigenvalue weighted by Crippen LogP contribution is 2.31. The first-order chi connectivity index (χ1) is 6.60. The molecule has 2 nitrogen and oxygen atoms in total. The van der Waals surface area contributed by atoms with Crippen molar-refractivity contribution >= 4 is 0 Å². The summed E-state index contributed by atoms with van der Waals surface area (Å²) in [5.74, 6) is 0. The number of aliphatic hydroxyl groups is 1. The average Bonchev–Trinajstić information content (AvgIpc) is 2.52. The molecule has 0 aromatic heterocycles. The van der Waals surface area contributed by atoms with Crippen molar-refractivity contribution in [3.05, 3.63) is 34.9 Å². The molecule has 1 unspecified atom stereocenters. The summed E-state index contributed by atoms with van der Waals surface area (Å²) >= 11 is 0. The van der Waals surface area contributed by atoms with Crippen LogP contribution in [0.4, 0.5) is 0 Å². The Morgan fingerprint density at radius 1 is 1.21 bits per heavy atom. The molecule has 0 bridgehead atoms. The molecule has 1 aliphatic rings. The molecule has 0 radical (unpaired) electrons. The number of rotatable bonds is 1. The quantitative estimate of drug-likeness (QED) is 0.736. The Bertz CT molecular complexity index is 318. The molecule has 0 saturated carbocycles. The van der Waals surface area contributed by atoms with Crippen molar-refractivity contribution in [3.8, 4) is 0 Å².